The van der Waals surface area contributed by atoms with E-state index in [2.05, 4.69) is 13.8 Å². The molecule has 0 N–H and O–H groups in total. The van der Waals surface area contributed by atoms with E-state index in [-0.39, 0.29) is 0 Å². The van der Waals surface area contributed by atoms with Crippen LogP contribution in [0.3, 0.4) is 0 Å². The van der Waals surface area contributed by atoms with Crippen LogP contribution in [0, 0.1) is 51.8 Å². The third-order valence-corrected chi connectivity index (χ3v) is 9.31. The van der Waals surface area contributed by atoms with Crippen LogP contribution in [0.4, 0.5) is 0 Å². The van der Waals surface area contributed by atoms with Gasteiger partial charge in [0.05, 0.1) is 0 Å². The summed E-state index contributed by atoms with van der Waals surface area (Å²) in [5.74, 6) is 7.23. The normalized spacial score (nSPS) is 83.6. The second-order valence-electron chi connectivity index (χ2n) is 8.36. The monoisotopic (exact) mass is 214 g/mol. The lowest BCUT2D eigenvalue weighted by Crippen LogP contribution is -2.90. The molecular weight excluding hydrogens is 192 g/mol. The Morgan fingerprint density at radius 1 is 1.00 bits per heavy atom. The van der Waals surface area contributed by atoms with Gasteiger partial charge in [0.1, 0.15) is 0 Å². The van der Waals surface area contributed by atoms with Crippen LogP contribution in [0.1, 0.15) is 46.0 Å². The van der Waals surface area contributed by atoms with Crippen LogP contribution in [0.5, 0.6) is 0 Å². The van der Waals surface area contributed by atoms with Gasteiger partial charge >= 0.3 is 0 Å². The third kappa shape index (κ3) is 0.361. The van der Waals surface area contributed by atoms with Crippen molar-refractivity contribution < 1.29 is 0 Å². The van der Waals surface area contributed by atoms with Crippen LogP contribution in [0.2, 0.25) is 0 Å². The molecule has 6 aliphatic carbocycles. The summed E-state index contributed by atoms with van der Waals surface area (Å²) in [6, 6.07) is 0. The molecule has 86 valence electrons. The molecule has 0 nitrogen and oxygen atoms in total. The molecule has 6 rings (SSSR count). The van der Waals surface area contributed by atoms with E-state index >= 15 is 0 Å². The van der Waals surface area contributed by atoms with E-state index in [0.717, 1.165) is 22.2 Å². The lowest BCUT2D eigenvalue weighted by molar-refractivity contribution is -0.479. The molecule has 9 unspecified atom stereocenters. The van der Waals surface area contributed by atoms with E-state index in [9.17, 15) is 0 Å². The number of fused-ring (bicyclic) bond motifs is 1. The molecule has 9 atom stereocenters. The number of rotatable bonds is 1. The predicted octanol–water partition coefficient (Wildman–Crippen LogP) is 3.71. The third-order valence-electron chi connectivity index (χ3n) is 9.31. The van der Waals surface area contributed by atoms with Gasteiger partial charge in [0.2, 0.25) is 0 Å². The molecule has 2 spiro atoms. The number of hydrogen-bond acceptors (Lipinski definition) is 0. The molecule has 0 bridgehead atoms. The highest BCUT2D eigenvalue weighted by atomic mass is 15.0. The topological polar surface area (TPSA) is 0 Å². The average molecular weight is 214 g/mol. The van der Waals surface area contributed by atoms with Gasteiger partial charge in [-0.25, -0.2) is 0 Å². The summed E-state index contributed by atoms with van der Waals surface area (Å²) in [6.07, 6.45) is 8.06. The van der Waals surface area contributed by atoms with Crippen LogP contribution < -0.4 is 0 Å². The van der Waals surface area contributed by atoms with Gasteiger partial charge in [-0.1, -0.05) is 20.3 Å². The maximum atomic E-state index is 2.71. The van der Waals surface area contributed by atoms with E-state index in [1.807, 2.05) is 0 Å². The minimum Gasteiger partial charge on any atom is -0.0651 e. The second kappa shape index (κ2) is 1.75. The number of hydrogen-bond donors (Lipinski definition) is 0. The molecule has 16 heavy (non-hydrogen) atoms. The lowest BCUT2D eigenvalue weighted by Gasteiger charge is -2.95. The molecule has 0 amide bonds. The lowest BCUT2D eigenvalue weighted by atomic mass is 9.09. The van der Waals surface area contributed by atoms with Crippen LogP contribution in [-0.4, -0.2) is 0 Å². The van der Waals surface area contributed by atoms with Gasteiger partial charge in [-0.2, -0.15) is 0 Å². The Bertz CT molecular complexity index is 439. The Hall–Kier alpha value is 0. The van der Waals surface area contributed by atoms with E-state index in [1.165, 1.54) is 36.0 Å². The van der Waals surface area contributed by atoms with Crippen LogP contribution >= 0.6 is 0 Å². The van der Waals surface area contributed by atoms with E-state index in [1.54, 1.807) is 25.7 Å². The molecule has 0 radical (unpaired) electrons. The molecular formula is C16H22. The predicted molar refractivity (Wildman–Crippen MR) is 62.7 cm³/mol. The van der Waals surface area contributed by atoms with Gasteiger partial charge in [-0.05, 0) is 77.4 Å². The molecule has 6 aliphatic rings. The smallest absolute Gasteiger partial charge is 0.0116 e. The standard InChI is InChI=1S/C16H22/c1-3-10-11-4-8-5-12-13-6-9-7-14(10,2)16(9,13)15(8,11)12/h8-13H,3-7H2,1-2H3. The fraction of sp³-hybridized carbons (Fsp3) is 1.00. The van der Waals surface area contributed by atoms with E-state index in [0.29, 0.717) is 0 Å². The van der Waals surface area contributed by atoms with Gasteiger partial charge < -0.3 is 0 Å². The molecule has 0 aromatic rings. The van der Waals surface area contributed by atoms with Gasteiger partial charge in [-0.3, -0.25) is 0 Å². The molecule has 6 fully saturated rings. The Balaban J connectivity index is 1.63. The SMILES string of the molecule is CCC1C2CC3CC4C5CC6CC1(C)C65C324. The summed E-state index contributed by atoms with van der Waals surface area (Å²) in [4.78, 5) is 0. The first-order chi connectivity index (χ1) is 7.73. The summed E-state index contributed by atoms with van der Waals surface area (Å²) in [5.41, 5.74) is 2.76. The highest BCUT2D eigenvalue weighted by Gasteiger charge is 3.00. The molecule has 6 saturated carbocycles. The van der Waals surface area contributed by atoms with Crippen molar-refractivity contribution in [1.82, 2.24) is 0 Å². The molecule has 0 aliphatic heterocycles. The highest BCUT2D eigenvalue weighted by molar-refractivity contribution is 5.47. The highest BCUT2D eigenvalue weighted by Crippen LogP contribution is 3.05. The fourth-order valence-corrected chi connectivity index (χ4v) is 9.69. The van der Waals surface area contributed by atoms with Crippen molar-refractivity contribution in [1.29, 1.82) is 0 Å². The van der Waals surface area contributed by atoms with E-state index < -0.39 is 0 Å². The first-order valence-corrected chi connectivity index (χ1v) is 7.73. The summed E-state index contributed by atoms with van der Waals surface area (Å²) < 4.78 is 0. The van der Waals surface area contributed by atoms with Crippen molar-refractivity contribution in [2.75, 3.05) is 0 Å². The van der Waals surface area contributed by atoms with Crippen molar-refractivity contribution in [3.05, 3.63) is 0 Å². The molecule has 0 aromatic carbocycles. The Morgan fingerprint density at radius 2 is 1.75 bits per heavy atom. The molecule has 0 heterocycles. The zero-order valence-electron chi connectivity index (χ0n) is 10.5. The fourth-order valence-electron chi connectivity index (χ4n) is 9.69. The maximum absolute atomic E-state index is 2.71. The van der Waals surface area contributed by atoms with Gasteiger partial charge in [0.25, 0.3) is 0 Å². The maximum Gasteiger partial charge on any atom is -0.0116 e. The summed E-state index contributed by atoms with van der Waals surface area (Å²) in [5, 5.41) is 0. The van der Waals surface area contributed by atoms with Gasteiger partial charge in [0.15, 0.2) is 0 Å². The quantitative estimate of drug-likeness (QED) is 0.624. The van der Waals surface area contributed by atoms with Crippen molar-refractivity contribution in [3.8, 4) is 0 Å². The van der Waals surface area contributed by atoms with Crippen molar-refractivity contribution in [2.24, 2.45) is 51.8 Å². The van der Waals surface area contributed by atoms with Gasteiger partial charge in [0, 0.05) is 0 Å². The second-order valence-corrected chi connectivity index (χ2v) is 8.36. The Labute approximate surface area is 98.2 Å². The van der Waals surface area contributed by atoms with E-state index in [4.69, 9.17) is 0 Å². The summed E-state index contributed by atoms with van der Waals surface area (Å²) in [7, 11) is 0. The summed E-state index contributed by atoms with van der Waals surface area (Å²) >= 11 is 0. The van der Waals surface area contributed by atoms with Crippen LogP contribution in [0.15, 0.2) is 0 Å². The molecule has 0 heteroatoms. The zero-order valence-corrected chi connectivity index (χ0v) is 10.5. The first-order valence-electron chi connectivity index (χ1n) is 7.73. The van der Waals surface area contributed by atoms with Crippen LogP contribution in [-0.2, 0) is 0 Å². The summed E-state index contributed by atoms with van der Waals surface area (Å²) in [6.45, 7) is 5.19. The van der Waals surface area contributed by atoms with Crippen molar-refractivity contribution >= 4 is 0 Å². The Kier molecular flexibility index (Phi) is 0.892. The average Bonchev–Trinajstić information content (AvgIpc) is 2.39. The van der Waals surface area contributed by atoms with Crippen molar-refractivity contribution in [2.45, 2.75) is 46.0 Å². The molecule has 0 aromatic heterocycles. The van der Waals surface area contributed by atoms with Crippen molar-refractivity contribution in [3.63, 3.8) is 0 Å². The Morgan fingerprint density at radius 3 is 2.38 bits per heavy atom. The molecule has 0 saturated heterocycles. The minimum absolute atomic E-state index is 0.825. The zero-order chi connectivity index (χ0) is 10.5. The largest absolute Gasteiger partial charge is 0.0651 e. The first kappa shape index (κ1) is 8.16. The van der Waals surface area contributed by atoms with Gasteiger partial charge in [-0.15, -0.1) is 0 Å². The van der Waals surface area contributed by atoms with Crippen LogP contribution in [0.25, 0.3) is 0 Å². The minimum atomic E-state index is 0.825.